The summed E-state index contributed by atoms with van der Waals surface area (Å²) in [6.45, 7) is 8.55. The number of halogens is 1. The summed E-state index contributed by atoms with van der Waals surface area (Å²) in [7, 11) is 0. The highest BCUT2D eigenvalue weighted by molar-refractivity contribution is 9.10. The molecule has 2 N–H and O–H groups in total. The predicted octanol–water partition coefficient (Wildman–Crippen LogP) is 4.04. The lowest BCUT2D eigenvalue weighted by Gasteiger charge is -2.42. The smallest absolute Gasteiger partial charge is 0.408 e. The van der Waals surface area contributed by atoms with E-state index in [0.29, 0.717) is 42.0 Å². The Morgan fingerprint density at radius 1 is 1.31 bits per heavy atom. The number of piperidine rings is 1. The molecule has 0 unspecified atom stereocenters. The van der Waals surface area contributed by atoms with E-state index in [-0.39, 0.29) is 12.6 Å². The quantitative estimate of drug-likeness (QED) is 0.650. The first kappa shape index (κ1) is 22.8. The molecule has 0 bridgehead atoms. The second kappa shape index (κ2) is 8.51. The second-order valence-electron chi connectivity index (χ2n) is 9.30. The van der Waals surface area contributed by atoms with Gasteiger partial charge in [-0.25, -0.2) is 14.8 Å². The number of benzene rings is 1. The highest BCUT2D eigenvalue weighted by Crippen LogP contribution is 2.48. The van der Waals surface area contributed by atoms with E-state index in [0.717, 1.165) is 17.0 Å². The van der Waals surface area contributed by atoms with E-state index < -0.39 is 17.3 Å². The standard InChI is InChI=1S/C23H29BrN4O4/c1-14-19(24)26-16(13-29)20(25-14)28-11-9-23(10-12-28)18(27-21(30)32-22(2,3)4)15-7-5-6-8-17(15)31-23/h5-8,18,29H,9-13H2,1-4H3,(H,27,30)/t18-/m1/s1. The molecule has 32 heavy (non-hydrogen) atoms. The number of hydrogen-bond acceptors (Lipinski definition) is 7. The van der Waals surface area contributed by atoms with Crippen molar-refractivity contribution in [1.82, 2.24) is 15.3 Å². The Balaban J connectivity index is 1.57. The molecule has 1 aromatic heterocycles. The topological polar surface area (TPSA) is 96.8 Å². The molecule has 1 atom stereocenters. The first-order valence-electron chi connectivity index (χ1n) is 10.8. The molecule has 8 nitrogen and oxygen atoms in total. The molecule has 2 aliphatic rings. The van der Waals surface area contributed by atoms with Crippen LogP contribution in [0.25, 0.3) is 0 Å². The van der Waals surface area contributed by atoms with Crippen molar-refractivity contribution in [3.05, 3.63) is 45.8 Å². The number of hydrogen-bond donors (Lipinski definition) is 2. The minimum absolute atomic E-state index is 0.187. The summed E-state index contributed by atoms with van der Waals surface area (Å²) in [4.78, 5) is 23.9. The molecule has 0 saturated carbocycles. The molecule has 1 spiro atoms. The molecule has 0 aliphatic carbocycles. The highest BCUT2D eigenvalue weighted by Gasteiger charge is 2.51. The van der Waals surface area contributed by atoms with Crippen molar-refractivity contribution in [2.45, 2.75) is 64.4 Å². The maximum Gasteiger partial charge on any atom is 0.408 e. The van der Waals surface area contributed by atoms with Crippen LogP contribution in [-0.4, -0.2) is 45.5 Å². The number of ether oxygens (including phenoxy) is 2. The van der Waals surface area contributed by atoms with Gasteiger partial charge in [-0.3, -0.25) is 0 Å². The Labute approximate surface area is 196 Å². The minimum Gasteiger partial charge on any atom is -0.484 e. The number of aliphatic hydroxyl groups is 1. The summed E-state index contributed by atoms with van der Waals surface area (Å²) in [5.74, 6) is 1.48. The SMILES string of the molecule is Cc1nc(N2CCC3(CC2)Oc2ccccc2[C@H]3NC(=O)OC(C)(C)C)c(CO)nc1Br. The second-order valence-corrected chi connectivity index (χ2v) is 10.1. The van der Waals surface area contributed by atoms with Gasteiger partial charge in [0, 0.05) is 31.5 Å². The van der Waals surface area contributed by atoms with Crippen LogP contribution in [0.15, 0.2) is 28.9 Å². The van der Waals surface area contributed by atoms with Crippen LogP contribution in [0.5, 0.6) is 5.75 Å². The van der Waals surface area contributed by atoms with Gasteiger partial charge >= 0.3 is 6.09 Å². The summed E-state index contributed by atoms with van der Waals surface area (Å²) in [6.07, 6.45) is 0.884. The van der Waals surface area contributed by atoms with Crippen LogP contribution >= 0.6 is 15.9 Å². The van der Waals surface area contributed by atoms with Crippen molar-refractivity contribution in [2.24, 2.45) is 0 Å². The maximum atomic E-state index is 12.6. The number of anilines is 1. The molecule has 1 amide bonds. The summed E-state index contributed by atoms with van der Waals surface area (Å²) in [5, 5.41) is 12.9. The summed E-state index contributed by atoms with van der Waals surface area (Å²) >= 11 is 3.39. The molecule has 4 rings (SSSR count). The lowest BCUT2D eigenvalue weighted by molar-refractivity contribution is 0.0148. The Hall–Kier alpha value is -2.39. The van der Waals surface area contributed by atoms with Crippen molar-refractivity contribution in [3.8, 4) is 5.75 Å². The number of carbonyl (C=O) groups is 1. The van der Waals surface area contributed by atoms with Gasteiger partial charge in [-0.05, 0) is 49.7 Å². The zero-order valence-corrected chi connectivity index (χ0v) is 20.4. The van der Waals surface area contributed by atoms with Crippen LogP contribution < -0.4 is 15.0 Å². The number of nitrogens with zero attached hydrogens (tertiary/aromatic N) is 3. The van der Waals surface area contributed by atoms with E-state index in [1.807, 2.05) is 52.0 Å². The number of fused-ring (bicyclic) bond motifs is 1. The number of alkyl carbamates (subject to hydrolysis) is 1. The van der Waals surface area contributed by atoms with E-state index >= 15 is 0 Å². The lowest BCUT2D eigenvalue weighted by atomic mass is 9.82. The normalized spacial score (nSPS) is 19.4. The van der Waals surface area contributed by atoms with E-state index in [1.54, 1.807) is 0 Å². The number of carbonyl (C=O) groups excluding carboxylic acids is 1. The Morgan fingerprint density at radius 3 is 2.66 bits per heavy atom. The van der Waals surface area contributed by atoms with Gasteiger partial charge in [0.15, 0.2) is 5.82 Å². The van der Waals surface area contributed by atoms with Crippen molar-refractivity contribution in [1.29, 1.82) is 0 Å². The molecule has 172 valence electrons. The van der Waals surface area contributed by atoms with Gasteiger partial charge < -0.3 is 24.8 Å². The van der Waals surface area contributed by atoms with Gasteiger partial charge in [0.1, 0.15) is 33.3 Å². The largest absolute Gasteiger partial charge is 0.484 e. The Morgan fingerprint density at radius 2 is 2.00 bits per heavy atom. The summed E-state index contributed by atoms with van der Waals surface area (Å²) in [5.41, 5.74) is 1.11. The zero-order valence-electron chi connectivity index (χ0n) is 18.8. The van der Waals surface area contributed by atoms with Crippen LogP contribution in [0.4, 0.5) is 10.6 Å². The van der Waals surface area contributed by atoms with Crippen molar-refractivity contribution < 1.29 is 19.4 Å². The molecule has 9 heteroatoms. The van der Waals surface area contributed by atoms with Crippen LogP contribution in [0, 0.1) is 6.92 Å². The third kappa shape index (κ3) is 4.41. The summed E-state index contributed by atoms with van der Waals surface area (Å²) < 4.78 is 12.6. The molecule has 3 heterocycles. The van der Waals surface area contributed by atoms with Gasteiger partial charge in [0.05, 0.1) is 12.3 Å². The highest BCUT2D eigenvalue weighted by atomic mass is 79.9. The van der Waals surface area contributed by atoms with Gasteiger partial charge in [-0.2, -0.15) is 0 Å². The van der Waals surface area contributed by atoms with Crippen molar-refractivity contribution >= 4 is 27.8 Å². The average Bonchev–Trinajstić information content (AvgIpc) is 3.02. The average molecular weight is 505 g/mol. The number of rotatable bonds is 3. The molecule has 1 aromatic carbocycles. The Bertz CT molecular complexity index is 1020. The van der Waals surface area contributed by atoms with Gasteiger partial charge in [-0.1, -0.05) is 18.2 Å². The van der Waals surface area contributed by atoms with E-state index in [4.69, 9.17) is 9.47 Å². The number of para-hydroxylation sites is 1. The molecule has 2 aromatic rings. The number of amides is 1. The van der Waals surface area contributed by atoms with Crippen molar-refractivity contribution in [2.75, 3.05) is 18.0 Å². The van der Waals surface area contributed by atoms with Crippen LogP contribution in [0.2, 0.25) is 0 Å². The third-order valence-electron chi connectivity index (χ3n) is 5.85. The van der Waals surface area contributed by atoms with Gasteiger partial charge in [0.25, 0.3) is 0 Å². The fraction of sp³-hybridized carbons (Fsp3) is 0.522. The number of aliphatic hydroxyl groups excluding tert-OH is 1. The van der Waals surface area contributed by atoms with E-state index in [1.165, 1.54) is 0 Å². The van der Waals surface area contributed by atoms with Gasteiger partial charge in [0.2, 0.25) is 0 Å². The first-order chi connectivity index (χ1) is 15.1. The van der Waals surface area contributed by atoms with Crippen LogP contribution in [-0.2, 0) is 11.3 Å². The van der Waals surface area contributed by atoms with Crippen molar-refractivity contribution in [3.63, 3.8) is 0 Å². The first-order valence-corrected chi connectivity index (χ1v) is 11.6. The molecule has 0 radical (unpaired) electrons. The number of aromatic nitrogens is 2. The predicted molar refractivity (Wildman–Crippen MR) is 124 cm³/mol. The molecule has 1 fully saturated rings. The fourth-order valence-electron chi connectivity index (χ4n) is 4.37. The van der Waals surface area contributed by atoms with Crippen LogP contribution in [0.1, 0.15) is 56.6 Å². The number of nitrogens with one attached hydrogen (secondary N) is 1. The number of aryl methyl sites for hydroxylation is 1. The summed E-state index contributed by atoms with van der Waals surface area (Å²) in [6, 6.07) is 7.50. The van der Waals surface area contributed by atoms with E-state index in [9.17, 15) is 9.90 Å². The molecular formula is C23H29BrN4O4. The zero-order chi connectivity index (χ0) is 23.1. The molecular weight excluding hydrogens is 476 g/mol. The van der Waals surface area contributed by atoms with E-state index in [2.05, 4.69) is 36.1 Å². The van der Waals surface area contributed by atoms with Crippen LogP contribution in [0.3, 0.4) is 0 Å². The molecule has 2 aliphatic heterocycles. The Kier molecular flexibility index (Phi) is 6.06. The van der Waals surface area contributed by atoms with Gasteiger partial charge in [-0.15, -0.1) is 0 Å². The molecule has 1 saturated heterocycles. The lowest BCUT2D eigenvalue weighted by Crippen LogP contribution is -2.54. The maximum absolute atomic E-state index is 12.6. The fourth-order valence-corrected chi connectivity index (χ4v) is 4.68. The third-order valence-corrected chi connectivity index (χ3v) is 6.60. The minimum atomic E-state index is -0.585. The monoisotopic (exact) mass is 504 g/mol.